The predicted octanol–water partition coefficient (Wildman–Crippen LogP) is 4.25. The van der Waals surface area contributed by atoms with Crippen LogP contribution in [0.5, 0.6) is 11.5 Å². The molecule has 0 unspecified atom stereocenters. The van der Waals surface area contributed by atoms with Gasteiger partial charge in [-0.1, -0.05) is 42.2 Å². The normalized spacial score (nSPS) is 15.2. The van der Waals surface area contributed by atoms with Crippen LogP contribution in [0.3, 0.4) is 0 Å². The molecule has 1 N–H and O–H groups in total. The Balaban J connectivity index is 1.55. The number of ether oxygens (including phenoxy) is 2. The Morgan fingerprint density at radius 1 is 1.04 bits per heavy atom. The van der Waals surface area contributed by atoms with Crippen molar-refractivity contribution in [1.82, 2.24) is 5.32 Å². The molecule has 1 fully saturated rings. The van der Waals surface area contributed by atoms with E-state index < -0.39 is 0 Å². The zero-order valence-electron chi connectivity index (χ0n) is 14.6. The van der Waals surface area contributed by atoms with Crippen LogP contribution in [-0.4, -0.2) is 23.4 Å². The maximum atomic E-state index is 11.7. The van der Waals surface area contributed by atoms with Gasteiger partial charge in [-0.25, -0.2) is 0 Å². The third-order valence-electron chi connectivity index (χ3n) is 3.61. The Kier molecular flexibility index (Phi) is 5.96. The molecule has 3 rings (SSSR count). The van der Waals surface area contributed by atoms with Crippen LogP contribution < -0.4 is 14.8 Å². The molecule has 2 aromatic rings. The Morgan fingerprint density at radius 3 is 2.38 bits per heavy atom. The number of aryl methyl sites for hydroxylation is 2. The van der Waals surface area contributed by atoms with Crippen molar-refractivity contribution in [1.29, 1.82) is 0 Å². The van der Waals surface area contributed by atoms with Crippen molar-refractivity contribution in [2.75, 3.05) is 13.2 Å². The van der Waals surface area contributed by atoms with Gasteiger partial charge in [0.15, 0.2) is 0 Å². The topological polar surface area (TPSA) is 47.6 Å². The van der Waals surface area contributed by atoms with Gasteiger partial charge in [0.2, 0.25) is 0 Å². The summed E-state index contributed by atoms with van der Waals surface area (Å²) in [4.78, 5) is 12.3. The summed E-state index contributed by atoms with van der Waals surface area (Å²) >= 11 is 6.26. The fourth-order valence-corrected chi connectivity index (χ4v) is 3.65. The summed E-state index contributed by atoms with van der Waals surface area (Å²) in [6.45, 7) is 4.99. The number of carbonyl (C=O) groups excluding carboxylic acids is 1. The highest BCUT2D eigenvalue weighted by Gasteiger charge is 2.21. The highest BCUT2D eigenvalue weighted by Crippen LogP contribution is 2.26. The lowest BCUT2D eigenvalue weighted by atomic mass is 10.1. The van der Waals surface area contributed by atoms with Crippen molar-refractivity contribution >= 4 is 40.3 Å². The maximum Gasteiger partial charge on any atom is 0.263 e. The molecule has 1 heterocycles. The lowest BCUT2D eigenvalue weighted by Gasteiger charge is -2.10. The molecule has 1 saturated heterocycles. The van der Waals surface area contributed by atoms with Gasteiger partial charge in [0, 0.05) is 0 Å². The minimum atomic E-state index is -0.159. The highest BCUT2D eigenvalue weighted by molar-refractivity contribution is 8.26. The van der Waals surface area contributed by atoms with Crippen LogP contribution >= 0.6 is 24.0 Å². The summed E-state index contributed by atoms with van der Waals surface area (Å²) in [5.74, 6) is 1.42. The van der Waals surface area contributed by atoms with Crippen LogP contribution in [0, 0.1) is 13.8 Å². The van der Waals surface area contributed by atoms with E-state index in [0.29, 0.717) is 22.4 Å². The second-order valence-corrected chi connectivity index (χ2v) is 7.66. The molecule has 1 amide bonds. The van der Waals surface area contributed by atoms with E-state index in [-0.39, 0.29) is 5.91 Å². The van der Waals surface area contributed by atoms with E-state index in [2.05, 4.69) is 11.4 Å². The zero-order chi connectivity index (χ0) is 18.5. The molecule has 6 heteroatoms. The van der Waals surface area contributed by atoms with Crippen LogP contribution in [0.25, 0.3) is 6.08 Å². The molecule has 0 aliphatic carbocycles. The average Bonchev–Trinajstić information content (AvgIpc) is 2.88. The molecule has 134 valence electrons. The number of hydrogen-bond acceptors (Lipinski definition) is 5. The summed E-state index contributed by atoms with van der Waals surface area (Å²) in [6, 6.07) is 13.7. The van der Waals surface area contributed by atoms with Gasteiger partial charge >= 0.3 is 0 Å². The van der Waals surface area contributed by atoms with Crippen molar-refractivity contribution in [3.05, 3.63) is 64.1 Å². The second kappa shape index (κ2) is 8.38. The molecule has 0 radical (unpaired) electrons. The molecule has 1 aliphatic rings. The predicted molar refractivity (Wildman–Crippen MR) is 110 cm³/mol. The van der Waals surface area contributed by atoms with Crippen molar-refractivity contribution in [2.24, 2.45) is 0 Å². The summed E-state index contributed by atoms with van der Waals surface area (Å²) in [5, 5.41) is 2.61. The monoisotopic (exact) mass is 385 g/mol. The number of hydrogen-bond donors (Lipinski definition) is 1. The fourth-order valence-electron chi connectivity index (χ4n) is 2.60. The summed E-state index contributed by atoms with van der Waals surface area (Å²) < 4.78 is 12.0. The SMILES string of the molecule is Cc1cc(C)cc(OCCOc2cccc(C=C3SC(=S)NC3=O)c2)c1. The number of thiocarbonyl (C=S) groups is 1. The van der Waals surface area contributed by atoms with Crippen LogP contribution in [0.2, 0.25) is 0 Å². The minimum absolute atomic E-state index is 0.159. The van der Waals surface area contributed by atoms with Crippen molar-refractivity contribution in [2.45, 2.75) is 13.8 Å². The number of carbonyl (C=O) groups is 1. The lowest BCUT2D eigenvalue weighted by molar-refractivity contribution is -0.115. The van der Waals surface area contributed by atoms with Crippen molar-refractivity contribution in [3.8, 4) is 11.5 Å². The molecule has 4 nitrogen and oxygen atoms in total. The van der Waals surface area contributed by atoms with E-state index >= 15 is 0 Å². The molecule has 0 spiro atoms. The smallest absolute Gasteiger partial charge is 0.263 e. The molecule has 26 heavy (non-hydrogen) atoms. The van der Waals surface area contributed by atoms with E-state index in [1.165, 1.54) is 22.9 Å². The number of amides is 1. The quantitative estimate of drug-likeness (QED) is 0.458. The fraction of sp³-hybridized carbons (Fsp3) is 0.200. The lowest BCUT2D eigenvalue weighted by Crippen LogP contribution is -2.17. The Morgan fingerprint density at radius 2 is 1.73 bits per heavy atom. The first-order valence-electron chi connectivity index (χ1n) is 8.18. The molecule has 0 saturated carbocycles. The van der Waals surface area contributed by atoms with Gasteiger partial charge < -0.3 is 14.8 Å². The summed E-state index contributed by atoms with van der Waals surface area (Å²) in [5.41, 5.74) is 3.24. The molecule has 0 atom stereocenters. The van der Waals surface area contributed by atoms with Gasteiger partial charge in [0.05, 0.1) is 4.91 Å². The van der Waals surface area contributed by atoms with E-state index in [9.17, 15) is 4.79 Å². The highest BCUT2D eigenvalue weighted by atomic mass is 32.2. The molecular weight excluding hydrogens is 366 g/mol. The van der Waals surface area contributed by atoms with Gasteiger partial charge in [0.25, 0.3) is 5.91 Å². The molecule has 2 aromatic carbocycles. The van der Waals surface area contributed by atoms with Gasteiger partial charge in [-0.2, -0.15) is 0 Å². The van der Waals surface area contributed by atoms with Gasteiger partial charge in [-0.3, -0.25) is 4.79 Å². The molecule has 0 bridgehead atoms. The Labute approximate surface area is 162 Å². The van der Waals surface area contributed by atoms with Gasteiger partial charge in [-0.15, -0.1) is 0 Å². The summed E-state index contributed by atoms with van der Waals surface area (Å²) in [7, 11) is 0. The molecule has 0 aromatic heterocycles. The number of nitrogens with one attached hydrogen (secondary N) is 1. The third-order valence-corrected chi connectivity index (χ3v) is 4.78. The number of rotatable bonds is 6. The molecular formula is C20H19NO3S2. The van der Waals surface area contributed by atoms with Crippen LogP contribution in [0.15, 0.2) is 47.4 Å². The zero-order valence-corrected chi connectivity index (χ0v) is 16.2. The second-order valence-electron chi connectivity index (χ2n) is 5.95. The molecule has 1 aliphatic heterocycles. The first kappa shape index (κ1) is 18.5. The van der Waals surface area contributed by atoms with E-state index in [0.717, 1.165) is 17.1 Å². The van der Waals surface area contributed by atoms with E-state index in [1.54, 1.807) is 6.08 Å². The van der Waals surface area contributed by atoms with Crippen LogP contribution in [0.1, 0.15) is 16.7 Å². The Bertz CT molecular complexity index is 857. The van der Waals surface area contributed by atoms with Crippen LogP contribution in [-0.2, 0) is 4.79 Å². The first-order valence-corrected chi connectivity index (χ1v) is 9.41. The first-order chi connectivity index (χ1) is 12.5. The van der Waals surface area contributed by atoms with Crippen molar-refractivity contribution in [3.63, 3.8) is 0 Å². The summed E-state index contributed by atoms with van der Waals surface area (Å²) in [6.07, 6.45) is 1.80. The van der Waals surface area contributed by atoms with Crippen LogP contribution in [0.4, 0.5) is 0 Å². The van der Waals surface area contributed by atoms with E-state index in [4.69, 9.17) is 21.7 Å². The largest absolute Gasteiger partial charge is 0.490 e. The minimum Gasteiger partial charge on any atom is -0.490 e. The van der Waals surface area contributed by atoms with Crippen molar-refractivity contribution < 1.29 is 14.3 Å². The number of benzene rings is 2. The number of thioether (sulfide) groups is 1. The Hall–Kier alpha value is -2.31. The third kappa shape index (κ3) is 5.09. The standard InChI is InChI=1S/C20H19NO3S2/c1-13-8-14(2)10-17(9-13)24-7-6-23-16-5-3-4-15(11-16)12-18-19(22)21-20(25)26-18/h3-5,8-12H,6-7H2,1-2H3,(H,21,22,25). The van der Waals surface area contributed by atoms with E-state index in [1.807, 2.05) is 50.2 Å². The van der Waals surface area contributed by atoms with Gasteiger partial charge in [0.1, 0.15) is 29.0 Å². The van der Waals surface area contributed by atoms with Gasteiger partial charge in [-0.05, 0) is 60.9 Å². The maximum absolute atomic E-state index is 11.7. The average molecular weight is 386 g/mol.